The fraction of sp³-hybridized carbons (Fsp3) is 0.688. The van der Waals surface area contributed by atoms with E-state index in [1.807, 2.05) is 11.3 Å². The number of aryl methyl sites for hydroxylation is 1. The van der Waals surface area contributed by atoms with Crippen LogP contribution in [0.2, 0.25) is 0 Å². The first-order valence-electron chi connectivity index (χ1n) is 7.77. The minimum atomic E-state index is 0.187. The van der Waals surface area contributed by atoms with Crippen LogP contribution in [-0.4, -0.2) is 38.4 Å². The largest absolute Gasteiger partial charge is 0.379 e. The zero-order valence-corrected chi connectivity index (χ0v) is 13.3. The zero-order chi connectivity index (χ0) is 14.7. The van der Waals surface area contributed by atoms with Crippen LogP contribution in [0.3, 0.4) is 0 Å². The van der Waals surface area contributed by atoms with E-state index in [4.69, 9.17) is 9.47 Å². The third-order valence-corrected chi connectivity index (χ3v) is 5.25. The average Bonchev–Trinajstić information content (AvgIpc) is 2.88. The third-order valence-electron chi connectivity index (χ3n) is 4.12. The number of amides is 1. The minimum absolute atomic E-state index is 0.187. The maximum Gasteiger partial charge on any atom is 0.223 e. The zero-order valence-electron chi connectivity index (χ0n) is 12.5. The van der Waals surface area contributed by atoms with Gasteiger partial charge in [-0.25, -0.2) is 0 Å². The predicted octanol–water partition coefficient (Wildman–Crippen LogP) is 2.47. The third kappa shape index (κ3) is 4.05. The molecule has 1 N–H and O–H groups in total. The first-order valence-corrected chi connectivity index (χ1v) is 8.59. The van der Waals surface area contributed by atoms with Gasteiger partial charge in [0.1, 0.15) is 0 Å². The Kier molecular flexibility index (Phi) is 4.93. The van der Waals surface area contributed by atoms with E-state index in [2.05, 4.69) is 24.4 Å². The predicted molar refractivity (Wildman–Crippen MR) is 82.7 cm³/mol. The molecule has 2 fully saturated rings. The summed E-state index contributed by atoms with van der Waals surface area (Å²) in [7, 11) is 0. The summed E-state index contributed by atoms with van der Waals surface area (Å²) in [5.74, 6) is 0.845. The maximum atomic E-state index is 12.0. The van der Waals surface area contributed by atoms with Crippen LogP contribution in [0.25, 0.3) is 0 Å². The summed E-state index contributed by atoms with van der Waals surface area (Å²) in [4.78, 5) is 14.7. The lowest BCUT2D eigenvalue weighted by molar-refractivity contribution is -0.122. The van der Waals surface area contributed by atoms with Gasteiger partial charge in [0.2, 0.25) is 5.91 Å². The van der Waals surface area contributed by atoms with Gasteiger partial charge in [-0.15, -0.1) is 11.3 Å². The van der Waals surface area contributed by atoms with Crippen molar-refractivity contribution in [3.05, 3.63) is 21.9 Å². The van der Waals surface area contributed by atoms with Gasteiger partial charge >= 0.3 is 0 Å². The Bertz CT molecular complexity index is 482. The number of carbonyl (C=O) groups excluding carboxylic acids is 1. The molecule has 0 aromatic carbocycles. The van der Waals surface area contributed by atoms with Gasteiger partial charge in [0.25, 0.3) is 0 Å². The fourth-order valence-electron chi connectivity index (χ4n) is 2.76. The molecule has 1 aromatic rings. The Balaban J connectivity index is 1.29. The molecule has 5 heteroatoms. The van der Waals surface area contributed by atoms with Crippen molar-refractivity contribution in [2.75, 3.05) is 26.4 Å². The molecule has 1 amide bonds. The molecule has 0 radical (unpaired) electrons. The summed E-state index contributed by atoms with van der Waals surface area (Å²) in [5, 5.41) is 3.03. The molecular formula is C16H23NO3S. The SMILES string of the molecule is Cc1ccc(C2CC2C(=O)NCCCOC2CCOC2)s1. The molecule has 3 unspecified atom stereocenters. The second-order valence-corrected chi connectivity index (χ2v) is 7.22. The normalized spacial score (nSPS) is 27.8. The standard InChI is InChI=1S/C16H23NO3S/c1-11-3-4-15(21-11)13-9-14(13)16(18)17-6-2-7-20-12-5-8-19-10-12/h3-4,12-14H,2,5-10H2,1H3,(H,17,18). The number of rotatable bonds is 7. The van der Waals surface area contributed by atoms with Gasteiger partial charge in [-0.1, -0.05) is 0 Å². The van der Waals surface area contributed by atoms with Crippen LogP contribution in [0.5, 0.6) is 0 Å². The highest BCUT2D eigenvalue weighted by Gasteiger charge is 2.44. The molecule has 2 heterocycles. The second kappa shape index (κ2) is 6.90. The van der Waals surface area contributed by atoms with E-state index >= 15 is 0 Å². The highest BCUT2D eigenvalue weighted by atomic mass is 32.1. The molecule has 0 bridgehead atoms. The summed E-state index contributed by atoms with van der Waals surface area (Å²) in [5.41, 5.74) is 0. The summed E-state index contributed by atoms with van der Waals surface area (Å²) in [6.07, 6.45) is 3.13. The van der Waals surface area contributed by atoms with E-state index < -0.39 is 0 Å². The van der Waals surface area contributed by atoms with E-state index in [1.54, 1.807) is 0 Å². The maximum absolute atomic E-state index is 12.0. The first-order chi connectivity index (χ1) is 10.2. The number of hydrogen-bond donors (Lipinski definition) is 1. The Morgan fingerprint density at radius 2 is 2.43 bits per heavy atom. The van der Waals surface area contributed by atoms with E-state index in [1.165, 1.54) is 9.75 Å². The van der Waals surface area contributed by atoms with Gasteiger partial charge in [-0.3, -0.25) is 4.79 Å². The molecule has 21 heavy (non-hydrogen) atoms. The molecule has 1 aliphatic carbocycles. The molecule has 2 aliphatic rings. The van der Waals surface area contributed by atoms with Crippen molar-refractivity contribution in [2.45, 2.75) is 38.2 Å². The lowest BCUT2D eigenvalue weighted by Crippen LogP contribution is -2.27. The van der Waals surface area contributed by atoms with Crippen molar-refractivity contribution >= 4 is 17.2 Å². The number of ether oxygens (including phenoxy) is 2. The van der Waals surface area contributed by atoms with Crippen LogP contribution in [0.1, 0.15) is 34.9 Å². The van der Waals surface area contributed by atoms with E-state index in [-0.39, 0.29) is 17.9 Å². The Morgan fingerprint density at radius 3 is 3.14 bits per heavy atom. The van der Waals surface area contributed by atoms with E-state index in [0.717, 1.165) is 32.5 Å². The number of nitrogens with one attached hydrogen (secondary N) is 1. The van der Waals surface area contributed by atoms with Gasteiger partial charge in [0.15, 0.2) is 0 Å². The molecule has 3 rings (SSSR count). The molecule has 1 saturated heterocycles. The fourth-order valence-corrected chi connectivity index (χ4v) is 3.82. The quantitative estimate of drug-likeness (QED) is 0.787. The summed E-state index contributed by atoms with van der Waals surface area (Å²) in [6.45, 7) is 5.05. The number of thiophene rings is 1. The smallest absolute Gasteiger partial charge is 0.223 e. The van der Waals surface area contributed by atoms with Gasteiger partial charge in [0, 0.05) is 41.3 Å². The summed E-state index contributed by atoms with van der Waals surface area (Å²) in [6, 6.07) is 4.30. The topological polar surface area (TPSA) is 47.6 Å². The lowest BCUT2D eigenvalue weighted by Gasteiger charge is -2.10. The Hall–Kier alpha value is -0.910. The Labute approximate surface area is 129 Å². The van der Waals surface area contributed by atoms with Gasteiger partial charge < -0.3 is 14.8 Å². The van der Waals surface area contributed by atoms with Crippen molar-refractivity contribution in [1.29, 1.82) is 0 Å². The molecule has 1 aliphatic heterocycles. The second-order valence-electron chi connectivity index (χ2n) is 5.90. The van der Waals surface area contributed by atoms with Gasteiger partial charge in [-0.05, 0) is 38.3 Å². The summed E-state index contributed by atoms with van der Waals surface area (Å²) >= 11 is 1.81. The van der Waals surface area contributed by atoms with Gasteiger partial charge in [-0.2, -0.15) is 0 Å². The molecule has 3 atom stereocenters. The average molecular weight is 309 g/mol. The highest BCUT2D eigenvalue weighted by Crippen LogP contribution is 2.49. The van der Waals surface area contributed by atoms with Crippen LogP contribution in [0.4, 0.5) is 0 Å². The van der Waals surface area contributed by atoms with E-state index in [0.29, 0.717) is 19.1 Å². The number of carbonyl (C=O) groups is 1. The van der Waals surface area contributed by atoms with Crippen molar-refractivity contribution in [3.63, 3.8) is 0 Å². The van der Waals surface area contributed by atoms with Crippen LogP contribution in [0.15, 0.2) is 12.1 Å². The minimum Gasteiger partial charge on any atom is -0.379 e. The molecule has 1 aromatic heterocycles. The van der Waals surface area contributed by atoms with Crippen molar-refractivity contribution < 1.29 is 14.3 Å². The Morgan fingerprint density at radius 1 is 1.52 bits per heavy atom. The van der Waals surface area contributed by atoms with Crippen molar-refractivity contribution in [1.82, 2.24) is 5.32 Å². The van der Waals surface area contributed by atoms with Gasteiger partial charge in [0.05, 0.1) is 12.7 Å². The highest BCUT2D eigenvalue weighted by molar-refractivity contribution is 7.12. The molecule has 1 saturated carbocycles. The molecule has 0 spiro atoms. The van der Waals surface area contributed by atoms with Crippen LogP contribution in [0, 0.1) is 12.8 Å². The lowest BCUT2D eigenvalue weighted by atomic mass is 10.2. The molecule has 4 nitrogen and oxygen atoms in total. The molecular weight excluding hydrogens is 286 g/mol. The summed E-state index contributed by atoms with van der Waals surface area (Å²) < 4.78 is 10.9. The van der Waals surface area contributed by atoms with Crippen molar-refractivity contribution in [3.8, 4) is 0 Å². The van der Waals surface area contributed by atoms with E-state index in [9.17, 15) is 4.79 Å². The van der Waals surface area contributed by atoms with Crippen LogP contribution < -0.4 is 5.32 Å². The molecule has 116 valence electrons. The van der Waals surface area contributed by atoms with Crippen LogP contribution >= 0.6 is 11.3 Å². The number of hydrogen-bond acceptors (Lipinski definition) is 4. The monoisotopic (exact) mass is 309 g/mol. The van der Waals surface area contributed by atoms with Crippen LogP contribution in [-0.2, 0) is 14.3 Å². The van der Waals surface area contributed by atoms with Crippen molar-refractivity contribution in [2.24, 2.45) is 5.92 Å². The first kappa shape index (κ1) is 15.0.